The van der Waals surface area contributed by atoms with Crippen molar-refractivity contribution in [1.29, 1.82) is 0 Å². The lowest BCUT2D eigenvalue weighted by Gasteiger charge is -2.08. The van der Waals surface area contributed by atoms with Crippen molar-refractivity contribution in [3.63, 3.8) is 0 Å². The Balaban J connectivity index is 1.77. The van der Waals surface area contributed by atoms with Crippen LogP contribution < -0.4 is 10.6 Å². The number of nitrogens with one attached hydrogen (secondary N) is 2. The smallest absolute Gasteiger partial charge is 0.229 e. The summed E-state index contributed by atoms with van der Waals surface area (Å²) in [5, 5.41) is 7.07. The molecule has 0 fully saturated rings. The summed E-state index contributed by atoms with van der Waals surface area (Å²) in [7, 11) is 0. The minimum atomic E-state index is -0.189. The fourth-order valence-corrected chi connectivity index (χ4v) is 4.29. The predicted octanol–water partition coefficient (Wildman–Crippen LogP) is 4.07. The Morgan fingerprint density at radius 1 is 1.15 bits per heavy atom. The van der Waals surface area contributed by atoms with Crippen molar-refractivity contribution in [3.8, 4) is 10.4 Å². The molecule has 0 saturated heterocycles. The molecule has 0 unspecified atom stereocenters. The van der Waals surface area contributed by atoms with Gasteiger partial charge in [-0.1, -0.05) is 22.9 Å². The highest BCUT2D eigenvalue weighted by atomic mass is 35.5. The van der Waals surface area contributed by atoms with Crippen LogP contribution in [0.3, 0.4) is 0 Å². The molecule has 0 aliphatic rings. The van der Waals surface area contributed by atoms with E-state index in [1.54, 1.807) is 18.5 Å². The molecule has 0 aliphatic heterocycles. The van der Waals surface area contributed by atoms with Gasteiger partial charge < -0.3 is 10.6 Å². The van der Waals surface area contributed by atoms with Crippen LogP contribution in [0.2, 0.25) is 5.15 Å². The Kier molecular flexibility index (Phi) is 5.83. The molecule has 2 amide bonds. The number of halogens is 1. The number of aryl methyl sites for hydroxylation is 2. The highest BCUT2D eigenvalue weighted by Crippen LogP contribution is 2.32. The molecule has 0 radical (unpaired) electrons. The van der Waals surface area contributed by atoms with E-state index in [0.29, 0.717) is 10.8 Å². The third kappa shape index (κ3) is 4.88. The van der Waals surface area contributed by atoms with Crippen molar-refractivity contribution < 1.29 is 9.59 Å². The molecule has 0 spiro atoms. The number of hydrogen-bond acceptors (Lipinski definition) is 7. The first-order valence-corrected chi connectivity index (χ1v) is 9.95. The number of amides is 2. The fraction of sp³-hybridized carbons (Fsp3) is 0.235. The molecule has 0 saturated carbocycles. The lowest BCUT2D eigenvalue weighted by atomic mass is 10.2. The standard InChI is InChI=1S/C17H16ClN5O2S2/c1-8-13(26-10(3)21-8)5-15(25)23-12-4-11(6-19-16(12)18)14-7-20-17(27-14)22-9(2)24/h4,6-7H,5H2,1-3H3,(H,23,25)(H,20,22,24). The molecule has 2 N–H and O–H groups in total. The zero-order chi connectivity index (χ0) is 19.6. The molecule has 3 heterocycles. The number of carbonyl (C=O) groups is 2. The summed E-state index contributed by atoms with van der Waals surface area (Å²) >= 11 is 8.95. The minimum Gasteiger partial charge on any atom is -0.323 e. The molecule has 7 nitrogen and oxygen atoms in total. The Bertz CT molecular complexity index is 1010. The number of hydrogen-bond donors (Lipinski definition) is 2. The third-order valence-corrected chi connectivity index (χ3v) is 5.84. The first-order valence-electron chi connectivity index (χ1n) is 7.94. The summed E-state index contributed by atoms with van der Waals surface area (Å²) in [6.07, 6.45) is 3.46. The average Bonchev–Trinajstić information content (AvgIpc) is 3.15. The maximum Gasteiger partial charge on any atom is 0.229 e. The lowest BCUT2D eigenvalue weighted by molar-refractivity contribution is -0.116. The third-order valence-electron chi connectivity index (χ3n) is 3.51. The van der Waals surface area contributed by atoms with Gasteiger partial charge in [-0.3, -0.25) is 9.59 Å². The van der Waals surface area contributed by atoms with E-state index >= 15 is 0 Å². The van der Waals surface area contributed by atoms with Gasteiger partial charge in [0.25, 0.3) is 0 Å². The molecule has 27 heavy (non-hydrogen) atoms. The zero-order valence-electron chi connectivity index (χ0n) is 14.8. The van der Waals surface area contributed by atoms with Gasteiger partial charge in [0.15, 0.2) is 10.3 Å². The van der Waals surface area contributed by atoms with Gasteiger partial charge in [0.2, 0.25) is 11.8 Å². The van der Waals surface area contributed by atoms with Gasteiger partial charge in [0.1, 0.15) is 0 Å². The Morgan fingerprint density at radius 3 is 2.59 bits per heavy atom. The number of aromatic nitrogens is 3. The van der Waals surface area contributed by atoms with E-state index in [9.17, 15) is 9.59 Å². The summed E-state index contributed by atoms with van der Waals surface area (Å²) in [4.78, 5) is 37.9. The number of thiazole rings is 2. The topological polar surface area (TPSA) is 96.9 Å². The monoisotopic (exact) mass is 421 g/mol. The summed E-state index contributed by atoms with van der Waals surface area (Å²) in [5.41, 5.74) is 2.03. The van der Waals surface area contributed by atoms with Crippen LogP contribution in [0, 0.1) is 13.8 Å². The van der Waals surface area contributed by atoms with Crippen LogP contribution >= 0.6 is 34.3 Å². The molecule has 0 aromatic carbocycles. The van der Waals surface area contributed by atoms with Gasteiger partial charge in [-0.15, -0.1) is 11.3 Å². The minimum absolute atomic E-state index is 0.188. The van der Waals surface area contributed by atoms with Crippen LogP contribution in [0.5, 0.6) is 0 Å². The Morgan fingerprint density at radius 2 is 1.93 bits per heavy atom. The van der Waals surface area contributed by atoms with Gasteiger partial charge in [-0.05, 0) is 19.9 Å². The van der Waals surface area contributed by atoms with Crippen LogP contribution in [-0.4, -0.2) is 26.8 Å². The average molecular weight is 422 g/mol. The molecule has 10 heteroatoms. The Hall–Kier alpha value is -2.36. The molecule has 140 valence electrons. The zero-order valence-corrected chi connectivity index (χ0v) is 17.2. The van der Waals surface area contributed by atoms with Gasteiger partial charge in [-0.2, -0.15) is 0 Å². The maximum absolute atomic E-state index is 12.4. The van der Waals surface area contributed by atoms with Crippen molar-refractivity contribution in [2.75, 3.05) is 10.6 Å². The van der Waals surface area contributed by atoms with E-state index < -0.39 is 0 Å². The molecular formula is C17H16ClN5O2S2. The second-order valence-electron chi connectivity index (χ2n) is 5.74. The van der Waals surface area contributed by atoms with Crippen molar-refractivity contribution in [3.05, 3.63) is 39.2 Å². The maximum atomic E-state index is 12.4. The molecule has 3 aromatic rings. The second-order valence-corrected chi connectivity index (χ2v) is 8.42. The first-order chi connectivity index (χ1) is 12.8. The summed E-state index contributed by atoms with van der Waals surface area (Å²) < 4.78 is 0. The largest absolute Gasteiger partial charge is 0.323 e. The van der Waals surface area contributed by atoms with Crippen molar-refractivity contribution in [2.45, 2.75) is 27.2 Å². The van der Waals surface area contributed by atoms with Crippen LogP contribution in [0.4, 0.5) is 10.8 Å². The molecule has 0 bridgehead atoms. The number of pyridine rings is 1. The van der Waals surface area contributed by atoms with Crippen LogP contribution in [0.15, 0.2) is 18.5 Å². The van der Waals surface area contributed by atoms with E-state index in [1.165, 1.54) is 29.6 Å². The van der Waals surface area contributed by atoms with Gasteiger partial charge >= 0.3 is 0 Å². The number of nitrogens with zero attached hydrogens (tertiary/aromatic N) is 3. The van der Waals surface area contributed by atoms with Crippen LogP contribution in [0.25, 0.3) is 10.4 Å². The molecule has 0 atom stereocenters. The highest BCUT2D eigenvalue weighted by molar-refractivity contribution is 7.19. The predicted molar refractivity (Wildman–Crippen MR) is 109 cm³/mol. The van der Waals surface area contributed by atoms with E-state index in [1.807, 2.05) is 13.8 Å². The van der Waals surface area contributed by atoms with Crippen molar-refractivity contribution in [2.24, 2.45) is 0 Å². The van der Waals surface area contributed by atoms with Crippen molar-refractivity contribution in [1.82, 2.24) is 15.0 Å². The number of carbonyl (C=O) groups excluding carboxylic acids is 2. The van der Waals surface area contributed by atoms with Crippen LogP contribution in [0.1, 0.15) is 22.5 Å². The normalized spacial score (nSPS) is 10.7. The van der Waals surface area contributed by atoms with Crippen molar-refractivity contribution >= 4 is 56.9 Å². The quantitative estimate of drug-likeness (QED) is 0.605. The molecular weight excluding hydrogens is 406 g/mol. The number of anilines is 2. The van der Waals surface area contributed by atoms with Gasteiger partial charge in [0.05, 0.1) is 27.7 Å². The number of rotatable bonds is 5. The van der Waals surface area contributed by atoms with E-state index in [0.717, 1.165) is 26.0 Å². The highest BCUT2D eigenvalue weighted by Gasteiger charge is 2.14. The summed E-state index contributed by atoms with van der Waals surface area (Å²) in [6, 6.07) is 1.74. The SMILES string of the molecule is CC(=O)Nc1ncc(-c2cnc(Cl)c(NC(=O)Cc3sc(C)nc3C)c2)s1. The Labute approximate surface area is 168 Å². The second kappa shape index (κ2) is 8.12. The fourth-order valence-electron chi connectivity index (χ4n) is 2.36. The molecule has 3 rings (SSSR count). The van der Waals surface area contributed by atoms with E-state index in [2.05, 4.69) is 25.6 Å². The van der Waals surface area contributed by atoms with E-state index in [-0.39, 0.29) is 23.4 Å². The van der Waals surface area contributed by atoms with Gasteiger partial charge in [-0.25, -0.2) is 15.0 Å². The lowest BCUT2D eigenvalue weighted by Crippen LogP contribution is -2.15. The van der Waals surface area contributed by atoms with Crippen LogP contribution in [-0.2, 0) is 16.0 Å². The summed E-state index contributed by atoms with van der Waals surface area (Å²) in [6.45, 7) is 5.22. The van der Waals surface area contributed by atoms with Gasteiger partial charge in [0, 0.05) is 29.8 Å². The first kappa shape index (κ1) is 19.4. The summed E-state index contributed by atoms with van der Waals surface area (Å²) in [5.74, 6) is -0.377. The van der Waals surface area contributed by atoms with E-state index in [4.69, 9.17) is 11.6 Å². The molecule has 3 aromatic heterocycles. The molecule has 0 aliphatic carbocycles.